The predicted molar refractivity (Wildman–Crippen MR) is 269 cm³/mol. The van der Waals surface area contributed by atoms with Crippen LogP contribution in [0.15, 0.2) is 111 Å². The number of benzene rings is 5. The summed E-state index contributed by atoms with van der Waals surface area (Å²) in [6.07, 6.45) is 0. The molecule has 0 aromatic heterocycles. The molecule has 4 amide bonds. The zero-order valence-electron chi connectivity index (χ0n) is 37.7. The van der Waals surface area contributed by atoms with E-state index in [0.29, 0.717) is 47.2 Å². The van der Waals surface area contributed by atoms with Gasteiger partial charge in [-0.2, -0.15) is 20.5 Å². The molecule has 21 heteroatoms. The topological polar surface area (TPSA) is 218 Å². The Kier molecular flexibility index (Phi) is 19.6. The molecule has 5 aromatic carbocycles. The van der Waals surface area contributed by atoms with E-state index in [1.54, 1.807) is 43.3 Å². The minimum Gasteiger partial charge on any atom is -0.494 e. The highest BCUT2D eigenvalue weighted by Crippen LogP contribution is 2.32. The van der Waals surface area contributed by atoms with Crippen molar-refractivity contribution in [2.45, 2.75) is 63.8 Å². The van der Waals surface area contributed by atoms with Crippen molar-refractivity contribution in [3.05, 3.63) is 129 Å². The van der Waals surface area contributed by atoms with E-state index in [0.717, 1.165) is 19.4 Å². The first-order valence-electron chi connectivity index (χ1n) is 21.0. The van der Waals surface area contributed by atoms with Crippen LogP contribution in [0.25, 0.3) is 0 Å². The fourth-order valence-corrected chi connectivity index (χ4v) is 7.29. The van der Waals surface area contributed by atoms with Crippen LogP contribution < -0.4 is 30.7 Å². The number of anilines is 4. The first-order valence-corrected chi connectivity index (χ1v) is 23.3. The average Bonchev–Trinajstić information content (AvgIpc) is 3.30. The Morgan fingerprint density at radius 2 is 1.01 bits per heavy atom. The number of ether oxygens (including phenoxy) is 2. The van der Waals surface area contributed by atoms with Gasteiger partial charge in [0.25, 0.3) is 23.6 Å². The van der Waals surface area contributed by atoms with Crippen molar-refractivity contribution in [3.8, 4) is 11.5 Å². The molecule has 3 unspecified atom stereocenters. The Morgan fingerprint density at radius 3 is 1.42 bits per heavy atom. The van der Waals surface area contributed by atoms with Crippen LogP contribution in [0.5, 0.6) is 11.5 Å². The molecule has 5 aromatic rings. The highest BCUT2D eigenvalue weighted by atomic mass is 35.5. The third-order valence-electron chi connectivity index (χ3n) is 9.62. The van der Waals surface area contributed by atoms with Crippen molar-refractivity contribution >= 4 is 127 Å². The van der Waals surface area contributed by atoms with E-state index in [9.17, 15) is 28.8 Å². The summed E-state index contributed by atoms with van der Waals surface area (Å²) in [4.78, 5) is 79.0. The Bertz CT molecular complexity index is 2820. The van der Waals surface area contributed by atoms with Gasteiger partial charge < -0.3 is 30.7 Å². The van der Waals surface area contributed by atoms with Gasteiger partial charge in [-0.15, -0.1) is 34.8 Å². The lowest BCUT2D eigenvalue weighted by Crippen LogP contribution is -2.32. The zero-order chi connectivity index (χ0) is 50.4. The normalized spacial score (nSPS) is 12.5. The number of carbonyl (C=O) groups excluding carboxylic acids is 6. The molecule has 360 valence electrons. The molecule has 16 nitrogen and oxygen atoms in total. The number of hydrogen-bond acceptors (Lipinski definition) is 12. The number of nitrogens with one attached hydrogen (secondary N) is 4. The highest BCUT2D eigenvalue weighted by Gasteiger charge is 2.27. The minimum atomic E-state index is -1.62. The van der Waals surface area contributed by atoms with E-state index in [1.165, 1.54) is 54.6 Å². The number of ketones is 2. The number of alkyl halides is 3. The largest absolute Gasteiger partial charge is 0.494 e. The third kappa shape index (κ3) is 15.0. The van der Waals surface area contributed by atoms with Gasteiger partial charge in [0.05, 0.1) is 51.1 Å². The van der Waals surface area contributed by atoms with Gasteiger partial charge >= 0.3 is 0 Å². The maximum atomic E-state index is 13.5. The molecule has 69 heavy (non-hydrogen) atoms. The van der Waals surface area contributed by atoms with E-state index in [4.69, 9.17) is 67.5 Å². The summed E-state index contributed by atoms with van der Waals surface area (Å²) in [7, 11) is 0. The Labute approximate surface area is 422 Å². The quantitative estimate of drug-likeness (QED) is 0.0314. The molecule has 0 aliphatic heterocycles. The number of nitrogens with zero attached hydrogens (tertiary/aromatic N) is 4. The molecular weight excluding hydrogens is 994 g/mol. The molecular formula is C48H45Cl5N8O8. The molecule has 4 N–H and O–H groups in total. The fraction of sp³-hybridized carbons (Fsp3) is 0.250. The Balaban J connectivity index is 1.28. The number of rotatable bonds is 21. The molecule has 0 aliphatic rings. The first kappa shape index (κ1) is 53.5. The Morgan fingerprint density at radius 1 is 0.565 bits per heavy atom. The van der Waals surface area contributed by atoms with E-state index in [1.807, 2.05) is 13.8 Å². The van der Waals surface area contributed by atoms with Crippen molar-refractivity contribution in [2.24, 2.45) is 20.5 Å². The lowest BCUT2D eigenvalue weighted by atomic mass is 10.1. The lowest BCUT2D eigenvalue weighted by molar-refractivity contribution is -0.127. The number of carbonyl (C=O) groups is 6. The highest BCUT2D eigenvalue weighted by molar-refractivity contribution is 6.35. The molecule has 3 atom stereocenters. The van der Waals surface area contributed by atoms with Gasteiger partial charge in [0, 0.05) is 46.6 Å². The summed E-state index contributed by atoms with van der Waals surface area (Å²) >= 11 is 31.3. The van der Waals surface area contributed by atoms with Crippen LogP contribution in [0.4, 0.5) is 34.1 Å². The first-order chi connectivity index (χ1) is 32.9. The van der Waals surface area contributed by atoms with Gasteiger partial charge in [-0.05, 0) is 130 Å². The molecule has 0 aliphatic carbocycles. The monoisotopic (exact) mass is 1040 g/mol. The summed E-state index contributed by atoms with van der Waals surface area (Å²) < 4.78 is 11.1. The van der Waals surface area contributed by atoms with Crippen LogP contribution in [0, 0.1) is 0 Å². The smallest absolute Gasteiger partial charge is 0.258 e. The lowest BCUT2D eigenvalue weighted by Gasteiger charge is -2.17. The summed E-state index contributed by atoms with van der Waals surface area (Å²) in [6, 6.07) is 19.7. The summed E-state index contributed by atoms with van der Waals surface area (Å²) in [5.41, 5.74) is 3.29. The van der Waals surface area contributed by atoms with Crippen LogP contribution in [-0.4, -0.2) is 60.5 Å². The number of azo groups is 2. The number of Topliss-reactive ketones (excluding diaryl/α,β-unsaturated/α-hetero) is 2. The summed E-state index contributed by atoms with van der Waals surface area (Å²) in [5, 5.41) is 26.4. The molecule has 0 heterocycles. The van der Waals surface area contributed by atoms with Gasteiger partial charge in [0.1, 0.15) is 11.5 Å². The van der Waals surface area contributed by atoms with E-state index in [2.05, 4.69) is 41.7 Å². The zero-order valence-corrected chi connectivity index (χ0v) is 41.4. The molecule has 0 saturated carbocycles. The van der Waals surface area contributed by atoms with Gasteiger partial charge in [-0.25, -0.2) is 0 Å². The molecule has 0 bridgehead atoms. The second-order valence-electron chi connectivity index (χ2n) is 15.0. The molecule has 5 rings (SSSR count). The van der Waals surface area contributed by atoms with E-state index >= 15 is 0 Å². The number of amides is 4. The maximum Gasteiger partial charge on any atom is 0.258 e. The van der Waals surface area contributed by atoms with Gasteiger partial charge in [-0.1, -0.05) is 23.2 Å². The minimum absolute atomic E-state index is 0.0391. The van der Waals surface area contributed by atoms with Crippen molar-refractivity contribution in [3.63, 3.8) is 0 Å². The summed E-state index contributed by atoms with van der Waals surface area (Å²) in [6.45, 7) is 8.40. The molecule has 0 radical (unpaired) electrons. The van der Waals surface area contributed by atoms with Gasteiger partial charge in [-0.3, -0.25) is 28.8 Å². The Hall–Kier alpha value is -6.43. The van der Waals surface area contributed by atoms with Crippen molar-refractivity contribution in [1.82, 2.24) is 0 Å². The SMILES string of the molecule is CCOc1cc(CCl)cc(NC(=O)c2cc(N=NC(C(C)=O)C(=O)Nc3ccc(NC(=O)C(N=Nc4ccc(Cl)c(C(=O)Nc5cc(CCl)cc(OCC)c5)c4)C(C)=O)c(C(C)Cl)c3)ccc2Cl)c1. The molecule has 0 saturated heterocycles. The average molecular weight is 1040 g/mol. The van der Waals surface area contributed by atoms with Gasteiger partial charge in [0.2, 0.25) is 12.1 Å². The van der Waals surface area contributed by atoms with Crippen molar-refractivity contribution in [2.75, 3.05) is 34.5 Å². The second-order valence-corrected chi connectivity index (χ2v) is 17.0. The summed E-state index contributed by atoms with van der Waals surface area (Å²) in [5.74, 6) is -2.74. The van der Waals surface area contributed by atoms with E-state index in [-0.39, 0.29) is 55.7 Å². The fourth-order valence-electron chi connectivity index (χ4n) is 6.40. The molecule has 0 fully saturated rings. The van der Waals surface area contributed by atoms with E-state index < -0.39 is 52.7 Å². The van der Waals surface area contributed by atoms with Crippen LogP contribution in [0.2, 0.25) is 10.0 Å². The second kappa shape index (κ2) is 25.3. The third-order valence-corrected chi connectivity index (χ3v) is 11.1. The van der Waals surface area contributed by atoms with Crippen LogP contribution in [0.3, 0.4) is 0 Å². The maximum absolute atomic E-state index is 13.5. The number of hydrogen-bond donors (Lipinski definition) is 4. The van der Waals surface area contributed by atoms with Crippen molar-refractivity contribution in [1.29, 1.82) is 0 Å². The van der Waals surface area contributed by atoms with Crippen LogP contribution in [0.1, 0.15) is 77.4 Å². The van der Waals surface area contributed by atoms with Crippen LogP contribution in [-0.2, 0) is 30.9 Å². The standard InChI is InChI=1S/C48H45Cl5N8O8/c1-6-68-35-16-28(23-49)14-33(18-35)55-45(64)38-21-31(8-11-40(38)52)58-60-43(26(4)62)47(66)54-30-10-13-42(37(20-30)25(3)51)57-48(67)44(27(5)63)61-59-32-9-12-41(53)39(22-32)46(65)56-34-15-29(24-50)17-36(19-34)69-7-2/h8-22,25,43-44H,6-7,23-24H2,1-5H3,(H,54,66)(H,55,64)(H,56,65)(H,57,67). The number of halogens is 5. The predicted octanol–water partition coefficient (Wildman–Crippen LogP) is 12.4. The van der Waals surface area contributed by atoms with Crippen molar-refractivity contribution < 1.29 is 38.2 Å². The van der Waals surface area contributed by atoms with Gasteiger partial charge in [0.15, 0.2) is 11.6 Å². The van der Waals surface area contributed by atoms with Crippen LogP contribution >= 0.6 is 58.0 Å². The molecule has 0 spiro atoms.